The summed E-state index contributed by atoms with van der Waals surface area (Å²) in [7, 11) is 0. The van der Waals surface area contributed by atoms with Gasteiger partial charge in [0.2, 0.25) is 5.91 Å². The number of thiocarbonyl (C=S) groups is 1. The molecule has 19 heavy (non-hydrogen) atoms. The van der Waals surface area contributed by atoms with Gasteiger partial charge >= 0.3 is 0 Å². The molecule has 1 saturated carbocycles. The first-order chi connectivity index (χ1) is 9.10. The van der Waals surface area contributed by atoms with Crippen molar-refractivity contribution in [3.63, 3.8) is 0 Å². The number of carbonyl (C=O) groups excluding carboxylic acids is 1. The second kappa shape index (κ2) is 5.69. The Balaban J connectivity index is 2.13. The van der Waals surface area contributed by atoms with E-state index in [0.717, 1.165) is 37.9 Å². The van der Waals surface area contributed by atoms with Crippen LogP contribution in [0.2, 0.25) is 0 Å². The number of imidazole rings is 1. The second-order valence-electron chi connectivity index (χ2n) is 5.06. The molecule has 6 heteroatoms. The van der Waals surface area contributed by atoms with Crippen LogP contribution in [0.15, 0.2) is 12.4 Å². The first kappa shape index (κ1) is 14.0. The topological polar surface area (TPSA) is 83.8 Å². The van der Waals surface area contributed by atoms with Gasteiger partial charge in [-0.05, 0) is 19.3 Å². The highest BCUT2D eigenvalue weighted by molar-refractivity contribution is 7.80. The predicted molar refractivity (Wildman–Crippen MR) is 77.4 cm³/mol. The number of carbonyl (C=O) groups is 1. The summed E-state index contributed by atoms with van der Waals surface area (Å²) >= 11 is 5.13. The van der Waals surface area contributed by atoms with Gasteiger partial charge in [0.15, 0.2) is 0 Å². The molecule has 0 saturated heterocycles. The summed E-state index contributed by atoms with van der Waals surface area (Å²) in [6.07, 6.45) is 7.72. The molecule has 0 aliphatic heterocycles. The molecular weight excluding hydrogens is 260 g/mol. The number of hydrogen-bond donors (Lipinski definition) is 3. The Kier molecular flexibility index (Phi) is 4.19. The molecule has 1 amide bonds. The van der Waals surface area contributed by atoms with Gasteiger partial charge in [-0.25, -0.2) is 4.98 Å². The summed E-state index contributed by atoms with van der Waals surface area (Å²) in [6.45, 7) is 2.01. The van der Waals surface area contributed by atoms with E-state index < -0.39 is 5.41 Å². The first-order valence-corrected chi connectivity index (χ1v) is 7.11. The van der Waals surface area contributed by atoms with Crippen molar-refractivity contribution in [2.45, 2.75) is 45.1 Å². The number of H-pyrrole nitrogens is 1. The molecule has 1 aliphatic carbocycles. The maximum absolute atomic E-state index is 12.6. The van der Waals surface area contributed by atoms with Crippen molar-refractivity contribution in [3.05, 3.63) is 18.2 Å². The monoisotopic (exact) mass is 280 g/mol. The molecule has 0 aromatic carbocycles. The van der Waals surface area contributed by atoms with Gasteiger partial charge in [0.25, 0.3) is 0 Å². The van der Waals surface area contributed by atoms with Gasteiger partial charge in [0.1, 0.15) is 5.82 Å². The van der Waals surface area contributed by atoms with Crippen molar-refractivity contribution >= 4 is 23.1 Å². The van der Waals surface area contributed by atoms with Crippen LogP contribution < -0.4 is 11.1 Å². The molecule has 1 unspecified atom stereocenters. The van der Waals surface area contributed by atoms with Crippen LogP contribution in [0.25, 0.3) is 0 Å². The van der Waals surface area contributed by atoms with Crippen molar-refractivity contribution in [3.8, 4) is 0 Å². The third-order valence-corrected chi connectivity index (χ3v) is 4.32. The molecular formula is C13H20N4OS. The lowest BCUT2D eigenvalue weighted by Gasteiger charge is -2.28. The number of nitrogens with one attached hydrogen (secondary N) is 2. The number of hydrogen-bond acceptors (Lipinski definition) is 3. The molecule has 4 N–H and O–H groups in total. The minimum atomic E-state index is -0.657. The zero-order valence-corrected chi connectivity index (χ0v) is 11.9. The lowest BCUT2D eigenvalue weighted by atomic mass is 9.84. The summed E-state index contributed by atoms with van der Waals surface area (Å²) in [5.74, 6) is 0.715. The van der Waals surface area contributed by atoms with Gasteiger partial charge in [-0.1, -0.05) is 32.0 Å². The number of rotatable bonds is 5. The summed E-state index contributed by atoms with van der Waals surface area (Å²) in [4.78, 5) is 20.1. The minimum absolute atomic E-state index is 0.0549. The van der Waals surface area contributed by atoms with Crippen LogP contribution in [0, 0.1) is 5.41 Å². The fourth-order valence-electron chi connectivity index (χ4n) is 2.69. The molecule has 1 fully saturated rings. The first-order valence-electron chi connectivity index (χ1n) is 6.70. The lowest BCUT2D eigenvalue weighted by molar-refractivity contribution is -0.128. The molecule has 1 atom stereocenters. The van der Waals surface area contributed by atoms with Crippen LogP contribution in [0.5, 0.6) is 0 Å². The third kappa shape index (κ3) is 2.63. The van der Waals surface area contributed by atoms with E-state index in [1.54, 1.807) is 12.4 Å². The summed E-state index contributed by atoms with van der Waals surface area (Å²) in [6, 6.07) is -0.116. The fraction of sp³-hybridized carbons (Fsp3) is 0.615. The molecule has 2 rings (SSSR count). The van der Waals surface area contributed by atoms with E-state index in [0.29, 0.717) is 4.99 Å². The fourth-order valence-corrected chi connectivity index (χ4v) is 2.99. The van der Waals surface area contributed by atoms with E-state index in [9.17, 15) is 4.79 Å². The van der Waals surface area contributed by atoms with Gasteiger partial charge in [0, 0.05) is 12.4 Å². The van der Waals surface area contributed by atoms with E-state index >= 15 is 0 Å². The normalized spacial score (nSPS) is 19.0. The summed E-state index contributed by atoms with van der Waals surface area (Å²) in [5, 5.41) is 3.03. The molecule has 0 bridgehead atoms. The van der Waals surface area contributed by atoms with Gasteiger partial charge in [-0.2, -0.15) is 0 Å². The average molecular weight is 280 g/mol. The maximum Gasteiger partial charge on any atom is 0.233 e. The highest BCUT2D eigenvalue weighted by Crippen LogP contribution is 2.39. The number of nitrogens with two attached hydrogens (primary N) is 1. The largest absolute Gasteiger partial charge is 0.392 e. The number of nitrogens with zero attached hydrogens (tertiary/aromatic N) is 1. The van der Waals surface area contributed by atoms with E-state index in [4.69, 9.17) is 18.0 Å². The number of aromatic nitrogens is 2. The van der Waals surface area contributed by atoms with Crippen molar-refractivity contribution in [1.82, 2.24) is 15.3 Å². The summed E-state index contributed by atoms with van der Waals surface area (Å²) < 4.78 is 0. The van der Waals surface area contributed by atoms with E-state index in [1.807, 2.05) is 6.92 Å². The predicted octanol–water partition coefficient (Wildman–Crippen LogP) is 1.82. The minimum Gasteiger partial charge on any atom is -0.392 e. The molecule has 0 radical (unpaired) electrons. The van der Waals surface area contributed by atoms with Crippen LogP contribution >= 0.6 is 12.2 Å². The standard InChI is InChI=1S/C13H20N4OS/c1-2-9(10-15-7-8-16-10)17-12(18)13(11(14)19)5-3-4-6-13/h7-9H,2-6H2,1H3,(H2,14,19)(H,15,16)(H,17,18). The molecule has 1 aromatic heterocycles. The molecule has 5 nitrogen and oxygen atoms in total. The summed E-state index contributed by atoms with van der Waals surface area (Å²) in [5.41, 5.74) is 5.16. The third-order valence-electron chi connectivity index (χ3n) is 3.93. The van der Waals surface area contributed by atoms with Crippen LogP contribution in [0.1, 0.15) is 50.9 Å². The van der Waals surface area contributed by atoms with Crippen LogP contribution in [-0.4, -0.2) is 20.9 Å². The van der Waals surface area contributed by atoms with Crippen molar-refractivity contribution in [1.29, 1.82) is 0 Å². The van der Waals surface area contributed by atoms with Crippen LogP contribution in [0.4, 0.5) is 0 Å². The number of aromatic amines is 1. The SMILES string of the molecule is CCC(NC(=O)C1(C(N)=S)CCCC1)c1ncc[nH]1. The van der Waals surface area contributed by atoms with Crippen molar-refractivity contribution < 1.29 is 4.79 Å². The highest BCUT2D eigenvalue weighted by atomic mass is 32.1. The van der Waals surface area contributed by atoms with Gasteiger partial charge in [-0.3, -0.25) is 4.79 Å². The Labute approximate surface area is 118 Å². The van der Waals surface area contributed by atoms with Crippen LogP contribution in [-0.2, 0) is 4.79 Å². The molecule has 1 aliphatic rings. The van der Waals surface area contributed by atoms with Gasteiger partial charge in [0.05, 0.1) is 16.4 Å². The molecule has 1 aromatic rings. The Morgan fingerprint density at radius 1 is 1.63 bits per heavy atom. The highest BCUT2D eigenvalue weighted by Gasteiger charge is 2.44. The van der Waals surface area contributed by atoms with E-state index in [1.165, 1.54) is 0 Å². The second-order valence-corrected chi connectivity index (χ2v) is 5.50. The molecule has 104 valence electrons. The Bertz CT molecular complexity index is 451. The van der Waals surface area contributed by atoms with E-state index in [2.05, 4.69) is 15.3 Å². The van der Waals surface area contributed by atoms with E-state index in [-0.39, 0.29) is 11.9 Å². The maximum atomic E-state index is 12.6. The Hall–Kier alpha value is -1.43. The Morgan fingerprint density at radius 2 is 2.32 bits per heavy atom. The van der Waals surface area contributed by atoms with Crippen molar-refractivity contribution in [2.75, 3.05) is 0 Å². The smallest absolute Gasteiger partial charge is 0.233 e. The molecule has 1 heterocycles. The number of amides is 1. The Morgan fingerprint density at radius 3 is 2.79 bits per heavy atom. The van der Waals surface area contributed by atoms with Gasteiger partial charge in [-0.15, -0.1) is 0 Å². The van der Waals surface area contributed by atoms with Gasteiger partial charge < -0.3 is 16.0 Å². The molecule has 0 spiro atoms. The quantitative estimate of drug-likeness (QED) is 0.718. The lowest BCUT2D eigenvalue weighted by Crippen LogP contribution is -2.48. The zero-order chi connectivity index (χ0) is 13.9. The van der Waals surface area contributed by atoms with Crippen LogP contribution in [0.3, 0.4) is 0 Å². The van der Waals surface area contributed by atoms with Crippen molar-refractivity contribution in [2.24, 2.45) is 11.1 Å². The average Bonchev–Trinajstić information content (AvgIpc) is 3.06. The zero-order valence-electron chi connectivity index (χ0n) is 11.1.